The molecule has 1 unspecified atom stereocenters. The molecule has 0 aliphatic rings. The van der Waals surface area contributed by atoms with Gasteiger partial charge in [-0.1, -0.05) is 83.8 Å². The lowest BCUT2D eigenvalue weighted by molar-refractivity contribution is -0.491. The van der Waals surface area contributed by atoms with Crippen LogP contribution >= 0.6 is 0 Å². The zero-order valence-electron chi connectivity index (χ0n) is 19.1. The van der Waals surface area contributed by atoms with E-state index < -0.39 is 12.1 Å². The van der Waals surface area contributed by atoms with Crippen LogP contribution in [0.1, 0.15) is 110 Å². The van der Waals surface area contributed by atoms with Crippen molar-refractivity contribution < 1.29 is 33.5 Å². The summed E-state index contributed by atoms with van der Waals surface area (Å²) in [7, 11) is 0. The van der Waals surface area contributed by atoms with Crippen molar-refractivity contribution in [3.63, 3.8) is 0 Å². The number of halogens is 3. The van der Waals surface area contributed by atoms with Crippen molar-refractivity contribution >= 4 is 5.97 Å². The van der Waals surface area contributed by atoms with Crippen molar-refractivity contribution in [2.24, 2.45) is 0 Å². The first-order valence-corrected chi connectivity index (χ1v) is 11.6. The fourth-order valence-corrected chi connectivity index (χ4v) is 2.72. The Hall–Kier alpha value is -1.08. The van der Waals surface area contributed by atoms with Crippen LogP contribution in [-0.2, 0) is 9.53 Å². The number of carboxylic acids is 1. The molecule has 0 saturated carbocycles. The minimum atomic E-state index is -5.19. The summed E-state index contributed by atoms with van der Waals surface area (Å²) >= 11 is 0. The average molecular weight is 440 g/mol. The van der Waals surface area contributed by atoms with Crippen LogP contribution in [0.3, 0.4) is 0 Å². The van der Waals surface area contributed by atoms with Gasteiger partial charge < -0.3 is 20.4 Å². The van der Waals surface area contributed by atoms with Gasteiger partial charge in [0, 0.05) is 6.42 Å². The molecule has 0 amide bonds. The molecule has 0 aliphatic heterocycles. The average Bonchev–Trinajstić information content (AvgIpc) is 2.69. The Kier molecular flexibility index (Phi) is 23.4. The zero-order chi connectivity index (χ0) is 23.1. The summed E-state index contributed by atoms with van der Waals surface area (Å²) in [5.74, 6) is -3.01. The van der Waals surface area contributed by atoms with Crippen molar-refractivity contribution in [3.05, 3.63) is 12.2 Å². The highest BCUT2D eigenvalue weighted by molar-refractivity contribution is 5.70. The minimum Gasteiger partial charge on any atom is -0.542 e. The zero-order valence-corrected chi connectivity index (χ0v) is 19.1. The predicted molar refractivity (Wildman–Crippen MR) is 113 cm³/mol. The first kappa shape index (κ1) is 31.1. The van der Waals surface area contributed by atoms with Crippen molar-refractivity contribution in [2.75, 3.05) is 6.61 Å². The summed E-state index contributed by atoms with van der Waals surface area (Å²) in [5.41, 5.74) is 3.94. The van der Waals surface area contributed by atoms with E-state index in [1.807, 2.05) is 0 Å². The van der Waals surface area contributed by atoms with Gasteiger partial charge in [0.15, 0.2) is 6.23 Å². The lowest BCUT2D eigenvalue weighted by Crippen LogP contribution is -2.61. The van der Waals surface area contributed by atoms with Gasteiger partial charge in [0.25, 0.3) is 0 Å². The fourth-order valence-electron chi connectivity index (χ4n) is 2.72. The number of carbonyl (C=O) groups is 1. The molecule has 0 radical (unpaired) electrons. The number of quaternary nitrogens is 1. The maximum atomic E-state index is 10.5. The van der Waals surface area contributed by atoms with E-state index in [9.17, 15) is 13.2 Å². The third-order valence-electron chi connectivity index (χ3n) is 4.70. The molecule has 0 aromatic rings. The summed E-state index contributed by atoms with van der Waals surface area (Å²) in [5, 5.41) is 8.78. The normalized spacial score (nSPS) is 12.6. The number of unbranched alkanes of at least 4 members (excludes halogenated alkanes) is 12. The van der Waals surface area contributed by atoms with Crippen LogP contribution in [0.15, 0.2) is 12.2 Å². The summed E-state index contributed by atoms with van der Waals surface area (Å²) in [6, 6.07) is 0. The molecule has 0 heterocycles. The van der Waals surface area contributed by atoms with Crippen LogP contribution in [0.2, 0.25) is 0 Å². The van der Waals surface area contributed by atoms with E-state index in [-0.39, 0.29) is 6.23 Å². The number of hydrogen-bond acceptors (Lipinski definition) is 3. The number of ether oxygens (including phenoxy) is 1. The molecule has 7 heteroatoms. The molecule has 30 heavy (non-hydrogen) atoms. The molecule has 0 saturated heterocycles. The van der Waals surface area contributed by atoms with E-state index in [1.54, 1.807) is 0 Å². The molecule has 0 rings (SSSR count). The number of carbonyl (C=O) groups excluding carboxylic acids is 1. The van der Waals surface area contributed by atoms with Gasteiger partial charge in [-0.05, 0) is 32.1 Å². The number of allylic oxidation sites excluding steroid dienone is 2. The van der Waals surface area contributed by atoms with Gasteiger partial charge in [0.05, 0.1) is 6.61 Å². The third kappa shape index (κ3) is 26.9. The Labute approximate surface area is 181 Å². The van der Waals surface area contributed by atoms with Crippen LogP contribution in [0.5, 0.6) is 0 Å². The quantitative estimate of drug-likeness (QED) is 0.178. The van der Waals surface area contributed by atoms with Gasteiger partial charge in [-0.2, -0.15) is 13.2 Å². The summed E-state index contributed by atoms with van der Waals surface area (Å²) in [6.45, 7) is 5.30. The summed E-state index contributed by atoms with van der Waals surface area (Å²) in [6.07, 6.45) is 19.8. The van der Waals surface area contributed by atoms with Gasteiger partial charge in [-0.15, -0.1) is 0 Å². The number of rotatable bonds is 18. The lowest BCUT2D eigenvalue weighted by Gasteiger charge is -2.07. The molecule has 0 aromatic heterocycles. The van der Waals surface area contributed by atoms with E-state index in [0.717, 1.165) is 13.0 Å². The Balaban J connectivity index is 0. The molecule has 0 bridgehead atoms. The number of hydrogen-bond donors (Lipinski definition) is 1. The molecule has 180 valence electrons. The Bertz CT molecular complexity index is 402. The second-order valence-electron chi connectivity index (χ2n) is 7.62. The van der Waals surface area contributed by atoms with Crippen molar-refractivity contribution in [2.45, 2.75) is 123 Å². The first-order chi connectivity index (χ1) is 14.3. The SMILES string of the molecule is CCCCCCCC/C=C/CCCCCCCCOC([NH3+])CC.O=C([O-])C(F)(F)F. The highest BCUT2D eigenvalue weighted by Crippen LogP contribution is 2.12. The summed E-state index contributed by atoms with van der Waals surface area (Å²) in [4.78, 5) is 8.78. The van der Waals surface area contributed by atoms with Crippen molar-refractivity contribution in [3.8, 4) is 0 Å². The molecule has 0 aliphatic carbocycles. The van der Waals surface area contributed by atoms with Crippen molar-refractivity contribution in [1.29, 1.82) is 0 Å². The second-order valence-corrected chi connectivity index (χ2v) is 7.62. The largest absolute Gasteiger partial charge is 0.542 e. The van der Waals surface area contributed by atoms with E-state index in [4.69, 9.17) is 14.6 Å². The van der Waals surface area contributed by atoms with Crippen LogP contribution in [0.4, 0.5) is 13.2 Å². The molecule has 3 N–H and O–H groups in total. The van der Waals surface area contributed by atoms with Gasteiger partial charge in [0.2, 0.25) is 0 Å². The first-order valence-electron chi connectivity index (χ1n) is 11.6. The number of aliphatic carboxylic acids is 1. The third-order valence-corrected chi connectivity index (χ3v) is 4.70. The minimum absolute atomic E-state index is 0.193. The van der Waals surface area contributed by atoms with E-state index in [2.05, 4.69) is 31.7 Å². The Morgan fingerprint density at radius 2 is 1.27 bits per heavy atom. The smallest absolute Gasteiger partial charge is 0.430 e. The standard InChI is InChI=1S/C21H43NO.C2HF3O2/c1-3-5-6-7-8-9-10-11-12-13-14-15-16-17-18-19-20-23-21(22)4-2;3-2(4,5)1(6)7/h11-12,21H,3-10,13-20,22H2,1-2H3;(H,6,7)/b12-11+;. The Morgan fingerprint density at radius 3 is 1.67 bits per heavy atom. The van der Waals surface area contributed by atoms with E-state index >= 15 is 0 Å². The molecular formula is C23H44F3NO3. The maximum Gasteiger partial charge on any atom is 0.430 e. The number of carboxylic acid groups (broad SMARTS) is 1. The maximum absolute atomic E-state index is 10.5. The van der Waals surface area contributed by atoms with Crippen LogP contribution in [0, 0.1) is 0 Å². The van der Waals surface area contributed by atoms with Crippen LogP contribution in [-0.4, -0.2) is 25.0 Å². The predicted octanol–water partition coefficient (Wildman–Crippen LogP) is 5.32. The van der Waals surface area contributed by atoms with Gasteiger partial charge in [-0.25, -0.2) is 0 Å². The molecule has 0 fully saturated rings. The molecule has 4 nitrogen and oxygen atoms in total. The molecule has 1 atom stereocenters. The molecular weight excluding hydrogens is 395 g/mol. The highest BCUT2D eigenvalue weighted by Gasteiger charge is 2.28. The Morgan fingerprint density at radius 1 is 0.867 bits per heavy atom. The highest BCUT2D eigenvalue weighted by atomic mass is 19.4. The van der Waals surface area contributed by atoms with Gasteiger partial charge >= 0.3 is 6.18 Å². The topological polar surface area (TPSA) is 77.0 Å². The van der Waals surface area contributed by atoms with Crippen LogP contribution < -0.4 is 10.8 Å². The van der Waals surface area contributed by atoms with Crippen LogP contribution in [0.25, 0.3) is 0 Å². The van der Waals surface area contributed by atoms with E-state index in [1.165, 1.54) is 89.9 Å². The molecule has 0 spiro atoms. The molecule has 0 aromatic carbocycles. The van der Waals surface area contributed by atoms with Gasteiger partial charge in [0.1, 0.15) is 5.97 Å². The monoisotopic (exact) mass is 439 g/mol. The number of alkyl halides is 3. The summed E-state index contributed by atoms with van der Waals surface area (Å²) < 4.78 is 37.1. The van der Waals surface area contributed by atoms with Gasteiger partial charge in [-0.3, -0.25) is 0 Å². The second kappa shape index (κ2) is 22.6. The van der Waals surface area contributed by atoms with Crippen molar-refractivity contribution in [1.82, 2.24) is 0 Å². The van der Waals surface area contributed by atoms with E-state index in [0.29, 0.717) is 0 Å². The lowest BCUT2D eigenvalue weighted by atomic mass is 10.1. The fraction of sp³-hybridized carbons (Fsp3) is 0.870.